The van der Waals surface area contributed by atoms with Crippen LogP contribution in [-0.2, 0) is 9.53 Å². The number of hydrogen-bond acceptors (Lipinski definition) is 6. The molecule has 1 aromatic rings. The molecule has 2 atom stereocenters. The Hall–Kier alpha value is -1.40. The largest absolute Gasteiger partial charge is 0.469 e. The highest BCUT2D eigenvalue weighted by atomic mass is 16.5. The van der Waals surface area contributed by atoms with E-state index in [2.05, 4.69) is 14.4 Å². The van der Waals surface area contributed by atoms with Gasteiger partial charge in [0.15, 0.2) is 0 Å². The second-order valence-corrected chi connectivity index (χ2v) is 2.75. The van der Waals surface area contributed by atoms with Crippen molar-refractivity contribution < 1.29 is 24.3 Å². The lowest BCUT2D eigenvalue weighted by molar-refractivity contribution is -0.144. The van der Waals surface area contributed by atoms with E-state index in [1.807, 2.05) is 0 Å². The van der Waals surface area contributed by atoms with Crippen LogP contribution in [0.1, 0.15) is 18.1 Å². The zero-order valence-electron chi connectivity index (χ0n) is 7.58. The van der Waals surface area contributed by atoms with Crippen LogP contribution in [0.5, 0.6) is 0 Å². The first-order valence-corrected chi connectivity index (χ1v) is 3.97. The maximum atomic E-state index is 10.8. The molecular formula is C8H11NO5. The van der Waals surface area contributed by atoms with E-state index in [1.165, 1.54) is 19.6 Å². The second kappa shape index (κ2) is 4.73. The number of nitrogens with zero attached hydrogens (tertiary/aromatic N) is 1. The lowest BCUT2D eigenvalue weighted by Crippen LogP contribution is -2.22. The van der Waals surface area contributed by atoms with Gasteiger partial charge in [-0.05, 0) is 0 Å². The molecule has 0 aliphatic carbocycles. The zero-order chi connectivity index (χ0) is 10.6. The van der Waals surface area contributed by atoms with E-state index in [-0.39, 0.29) is 6.42 Å². The van der Waals surface area contributed by atoms with Gasteiger partial charge in [-0.25, -0.2) is 0 Å². The minimum absolute atomic E-state index is 0.275. The maximum Gasteiger partial charge on any atom is 0.308 e. The van der Waals surface area contributed by atoms with E-state index in [4.69, 9.17) is 0 Å². The fourth-order valence-electron chi connectivity index (χ4n) is 0.947. The molecule has 0 saturated carbocycles. The molecule has 1 aromatic heterocycles. The second-order valence-electron chi connectivity index (χ2n) is 2.75. The Morgan fingerprint density at radius 2 is 2.43 bits per heavy atom. The Kier molecular flexibility index (Phi) is 3.61. The van der Waals surface area contributed by atoms with Gasteiger partial charge < -0.3 is 19.5 Å². The molecular weight excluding hydrogens is 190 g/mol. The van der Waals surface area contributed by atoms with Crippen LogP contribution in [-0.4, -0.2) is 34.6 Å². The maximum absolute atomic E-state index is 10.8. The van der Waals surface area contributed by atoms with Crippen LogP contribution >= 0.6 is 0 Å². The summed E-state index contributed by atoms with van der Waals surface area (Å²) in [5, 5.41) is 22.2. The number of ether oxygens (including phenoxy) is 1. The Bertz CT molecular complexity index is 284. The number of hydrogen-bond donors (Lipinski definition) is 2. The lowest BCUT2D eigenvalue weighted by Gasteiger charge is -2.14. The molecule has 14 heavy (non-hydrogen) atoms. The van der Waals surface area contributed by atoms with Crippen LogP contribution in [0, 0.1) is 0 Å². The quantitative estimate of drug-likeness (QED) is 0.646. The van der Waals surface area contributed by atoms with Crippen LogP contribution in [0.25, 0.3) is 0 Å². The first-order chi connectivity index (χ1) is 6.65. The summed E-state index contributed by atoms with van der Waals surface area (Å²) in [4.78, 5) is 10.8. The summed E-state index contributed by atoms with van der Waals surface area (Å²) < 4.78 is 8.82. The van der Waals surface area contributed by atoms with Crippen molar-refractivity contribution in [3.8, 4) is 0 Å². The molecule has 2 N–H and O–H groups in total. The fourth-order valence-corrected chi connectivity index (χ4v) is 0.947. The number of rotatable bonds is 4. The van der Waals surface area contributed by atoms with Crippen molar-refractivity contribution in [2.24, 2.45) is 0 Å². The predicted octanol–water partition coefficient (Wildman–Crippen LogP) is -0.368. The van der Waals surface area contributed by atoms with Crippen LogP contribution in [0.15, 0.2) is 17.0 Å². The SMILES string of the molecule is COC(=O)CC(O)C(O)c1cnoc1. The number of carbonyl (C=O) groups is 1. The average molecular weight is 201 g/mol. The molecule has 2 unspecified atom stereocenters. The highest BCUT2D eigenvalue weighted by molar-refractivity contribution is 5.69. The minimum Gasteiger partial charge on any atom is -0.469 e. The zero-order valence-corrected chi connectivity index (χ0v) is 7.58. The van der Waals surface area contributed by atoms with Gasteiger partial charge in [0.05, 0.1) is 25.8 Å². The van der Waals surface area contributed by atoms with Gasteiger partial charge in [0.1, 0.15) is 12.4 Å². The van der Waals surface area contributed by atoms with Crippen molar-refractivity contribution in [1.82, 2.24) is 5.16 Å². The van der Waals surface area contributed by atoms with E-state index in [9.17, 15) is 15.0 Å². The third-order valence-electron chi connectivity index (χ3n) is 1.76. The third-order valence-corrected chi connectivity index (χ3v) is 1.76. The molecule has 0 aromatic carbocycles. The van der Waals surface area contributed by atoms with Crippen molar-refractivity contribution in [1.29, 1.82) is 0 Å². The number of methoxy groups -OCH3 is 1. The topological polar surface area (TPSA) is 92.8 Å². The van der Waals surface area contributed by atoms with Crippen molar-refractivity contribution in [2.75, 3.05) is 7.11 Å². The molecule has 1 heterocycles. The molecule has 0 radical (unpaired) electrons. The normalized spacial score (nSPS) is 14.8. The van der Waals surface area contributed by atoms with Gasteiger partial charge in [0, 0.05) is 5.56 Å². The summed E-state index contributed by atoms with van der Waals surface area (Å²) in [6, 6.07) is 0. The van der Waals surface area contributed by atoms with E-state index in [0.29, 0.717) is 5.56 Å². The van der Waals surface area contributed by atoms with E-state index in [1.54, 1.807) is 0 Å². The summed E-state index contributed by atoms with van der Waals surface area (Å²) in [5.41, 5.74) is 0.321. The summed E-state index contributed by atoms with van der Waals surface area (Å²) in [6.07, 6.45) is -0.221. The molecule has 1 rings (SSSR count). The average Bonchev–Trinajstić information content (AvgIpc) is 2.69. The molecule has 0 spiro atoms. The summed E-state index contributed by atoms with van der Waals surface area (Å²) in [5.74, 6) is -0.590. The van der Waals surface area contributed by atoms with Gasteiger partial charge in [-0.1, -0.05) is 5.16 Å². The van der Waals surface area contributed by atoms with Crippen molar-refractivity contribution >= 4 is 5.97 Å². The summed E-state index contributed by atoms with van der Waals surface area (Å²) >= 11 is 0. The molecule has 0 aliphatic rings. The molecule has 0 bridgehead atoms. The van der Waals surface area contributed by atoms with Gasteiger partial charge in [-0.3, -0.25) is 4.79 Å². The lowest BCUT2D eigenvalue weighted by atomic mass is 10.1. The number of aliphatic hydroxyl groups is 2. The smallest absolute Gasteiger partial charge is 0.308 e. The van der Waals surface area contributed by atoms with Crippen molar-refractivity contribution in [3.63, 3.8) is 0 Å². The van der Waals surface area contributed by atoms with E-state index in [0.717, 1.165) is 0 Å². The highest BCUT2D eigenvalue weighted by Crippen LogP contribution is 2.18. The van der Waals surface area contributed by atoms with E-state index < -0.39 is 18.2 Å². The van der Waals surface area contributed by atoms with Crippen molar-refractivity contribution in [2.45, 2.75) is 18.6 Å². The fraction of sp³-hybridized carbons (Fsp3) is 0.500. The van der Waals surface area contributed by atoms with Gasteiger partial charge in [-0.2, -0.15) is 0 Å². The van der Waals surface area contributed by atoms with Gasteiger partial charge in [-0.15, -0.1) is 0 Å². The number of carbonyl (C=O) groups excluding carboxylic acids is 1. The molecule has 78 valence electrons. The third kappa shape index (κ3) is 2.54. The monoisotopic (exact) mass is 201 g/mol. The van der Waals surface area contributed by atoms with Gasteiger partial charge in [0.25, 0.3) is 0 Å². The predicted molar refractivity (Wildman–Crippen MR) is 44.1 cm³/mol. The van der Waals surface area contributed by atoms with Crippen LogP contribution < -0.4 is 0 Å². The number of aliphatic hydroxyl groups excluding tert-OH is 2. The standard InChI is InChI=1S/C8H11NO5/c1-13-7(11)2-6(10)8(12)5-3-9-14-4-5/h3-4,6,8,10,12H,2H2,1H3. The molecule has 0 amide bonds. The molecule has 6 heteroatoms. The number of esters is 1. The van der Waals surface area contributed by atoms with Gasteiger partial charge in [0.2, 0.25) is 0 Å². The Labute approximate surface area is 80.1 Å². The molecule has 6 nitrogen and oxygen atoms in total. The Morgan fingerprint density at radius 1 is 1.71 bits per heavy atom. The van der Waals surface area contributed by atoms with Gasteiger partial charge >= 0.3 is 5.97 Å². The van der Waals surface area contributed by atoms with Crippen LogP contribution in [0.2, 0.25) is 0 Å². The molecule has 0 fully saturated rings. The highest BCUT2D eigenvalue weighted by Gasteiger charge is 2.22. The Balaban J connectivity index is 2.53. The first-order valence-electron chi connectivity index (χ1n) is 3.97. The van der Waals surface area contributed by atoms with Crippen molar-refractivity contribution in [3.05, 3.63) is 18.0 Å². The minimum atomic E-state index is -1.22. The number of aromatic nitrogens is 1. The molecule has 0 aliphatic heterocycles. The Morgan fingerprint density at radius 3 is 2.93 bits per heavy atom. The summed E-state index contributed by atoms with van der Waals surface area (Å²) in [7, 11) is 1.21. The molecule has 0 saturated heterocycles. The van der Waals surface area contributed by atoms with E-state index >= 15 is 0 Å². The summed E-state index contributed by atoms with van der Waals surface area (Å²) in [6.45, 7) is 0. The van der Waals surface area contributed by atoms with Crippen LogP contribution in [0.4, 0.5) is 0 Å². The first kappa shape index (κ1) is 10.7. The van der Waals surface area contributed by atoms with Crippen LogP contribution in [0.3, 0.4) is 0 Å².